The van der Waals surface area contributed by atoms with E-state index in [0.717, 1.165) is 77.6 Å². The highest BCUT2D eigenvalue weighted by molar-refractivity contribution is 6.09. The molecule has 0 aliphatic carbocycles. The fourth-order valence-corrected chi connectivity index (χ4v) is 7.22. The monoisotopic (exact) mass is 654 g/mol. The van der Waals surface area contributed by atoms with Gasteiger partial charge in [0.2, 0.25) is 0 Å². The molecular formula is C45H30N6. The summed E-state index contributed by atoms with van der Waals surface area (Å²) in [4.78, 5) is 4.41. The van der Waals surface area contributed by atoms with Gasteiger partial charge >= 0.3 is 0 Å². The molecule has 0 saturated heterocycles. The molecule has 1 atom stereocenters. The van der Waals surface area contributed by atoms with Gasteiger partial charge in [0.05, 0.1) is 57.5 Å². The van der Waals surface area contributed by atoms with Crippen LogP contribution in [0, 0.1) is 46.8 Å². The van der Waals surface area contributed by atoms with Crippen LogP contribution >= 0.6 is 0 Å². The topological polar surface area (TPSA) is 94.1 Å². The van der Waals surface area contributed by atoms with Crippen LogP contribution in [0.4, 0.5) is 0 Å². The predicted octanol–water partition coefficient (Wildman–Crippen LogP) is 10.7. The van der Waals surface area contributed by atoms with Crippen LogP contribution in [0.15, 0.2) is 134 Å². The first kappa shape index (κ1) is 31.1. The fourth-order valence-electron chi connectivity index (χ4n) is 7.22. The molecule has 0 amide bonds. The Hall–Kier alpha value is -7.20. The Morgan fingerprint density at radius 3 is 2.24 bits per heavy atom. The highest BCUT2D eigenvalue weighted by atomic mass is 15.0. The Labute approximate surface area is 295 Å². The lowest BCUT2D eigenvalue weighted by Gasteiger charge is -2.16. The number of nitrogens with zero attached hydrogens (tertiary/aromatic N) is 6. The van der Waals surface area contributed by atoms with Crippen LogP contribution in [-0.4, -0.2) is 14.1 Å². The van der Waals surface area contributed by atoms with Gasteiger partial charge in [-0.25, -0.2) is 0 Å². The van der Waals surface area contributed by atoms with E-state index in [1.165, 1.54) is 0 Å². The number of pyridine rings is 1. The van der Waals surface area contributed by atoms with Crippen LogP contribution in [0.2, 0.25) is 0 Å². The van der Waals surface area contributed by atoms with E-state index >= 15 is 0 Å². The van der Waals surface area contributed by atoms with Gasteiger partial charge in [0, 0.05) is 51.1 Å². The smallest absolute Gasteiger partial charge is 0.0998 e. The van der Waals surface area contributed by atoms with Gasteiger partial charge in [0.25, 0.3) is 0 Å². The van der Waals surface area contributed by atoms with Crippen LogP contribution < -0.4 is 0 Å². The number of allylic oxidation sites excluding steroid dienone is 1. The Morgan fingerprint density at radius 1 is 0.667 bits per heavy atom. The van der Waals surface area contributed by atoms with E-state index in [0.29, 0.717) is 11.1 Å². The van der Waals surface area contributed by atoms with Crippen molar-refractivity contribution >= 4 is 38.8 Å². The van der Waals surface area contributed by atoms with E-state index in [2.05, 4.69) is 99.9 Å². The van der Waals surface area contributed by atoms with E-state index in [1.54, 1.807) is 0 Å². The minimum absolute atomic E-state index is 0.240. The summed E-state index contributed by atoms with van der Waals surface area (Å²) >= 11 is 0. The Balaban J connectivity index is 1.28. The first-order valence-electron chi connectivity index (χ1n) is 16.7. The molecule has 6 heteroatoms. The van der Waals surface area contributed by atoms with E-state index in [1.807, 2.05) is 86.1 Å². The van der Waals surface area contributed by atoms with Crippen molar-refractivity contribution in [2.75, 3.05) is 0 Å². The predicted molar refractivity (Wildman–Crippen MR) is 204 cm³/mol. The van der Waals surface area contributed by atoms with Crippen molar-refractivity contribution in [3.8, 4) is 51.8 Å². The molecule has 0 bridgehead atoms. The summed E-state index contributed by atoms with van der Waals surface area (Å²) in [5.74, 6) is -0.240. The van der Waals surface area contributed by atoms with Gasteiger partial charge in [-0.3, -0.25) is 4.98 Å². The molecule has 0 spiro atoms. The molecule has 0 aliphatic heterocycles. The Kier molecular flexibility index (Phi) is 7.73. The van der Waals surface area contributed by atoms with Crippen molar-refractivity contribution in [1.29, 1.82) is 15.8 Å². The standard InChI is InChI=1S/C45H30N6/c1-29(25-46)16-18-37-30(2)50(42-19-17-31(26-47)22-39(37)42)36-12-6-9-33(24-36)32-8-5-10-34(23-32)45-35(27-48)11-7-15-44(45)51-41-14-4-3-13-38(41)40-28-49-21-20-43(40)51/h3-24,28-29H,1-2H3/b18-16-. The van der Waals surface area contributed by atoms with Crippen molar-refractivity contribution in [2.24, 2.45) is 5.92 Å². The molecule has 6 nitrogen and oxygen atoms in total. The number of fused-ring (bicyclic) bond motifs is 4. The molecule has 8 aromatic rings. The van der Waals surface area contributed by atoms with Crippen molar-refractivity contribution in [3.63, 3.8) is 0 Å². The maximum Gasteiger partial charge on any atom is 0.0998 e. The summed E-state index contributed by atoms with van der Waals surface area (Å²) in [6.07, 6.45) is 7.61. The van der Waals surface area contributed by atoms with Crippen molar-refractivity contribution in [2.45, 2.75) is 13.8 Å². The first-order valence-corrected chi connectivity index (χ1v) is 16.7. The van der Waals surface area contributed by atoms with Gasteiger partial charge in [-0.15, -0.1) is 0 Å². The lowest BCUT2D eigenvalue weighted by molar-refractivity contribution is 0.962. The van der Waals surface area contributed by atoms with Crippen molar-refractivity contribution in [3.05, 3.63) is 156 Å². The summed E-state index contributed by atoms with van der Waals surface area (Å²) in [7, 11) is 0. The number of para-hydroxylation sites is 1. The normalized spacial score (nSPS) is 11.9. The van der Waals surface area contributed by atoms with E-state index < -0.39 is 0 Å². The van der Waals surface area contributed by atoms with Gasteiger partial charge in [-0.1, -0.05) is 66.7 Å². The van der Waals surface area contributed by atoms with Gasteiger partial charge in [0.1, 0.15) is 0 Å². The molecule has 240 valence electrons. The number of aromatic nitrogens is 3. The van der Waals surface area contributed by atoms with Crippen molar-refractivity contribution in [1.82, 2.24) is 14.1 Å². The molecule has 1 unspecified atom stereocenters. The zero-order valence-corrected chi connectivity index (χ0v) is 28.0. The van der Waals surface area contributed by atoms with Crippen molar-refractivity contribution < 1.29 is 0 Å². The van der Waals surface area contributed by atoms with Crippen LogP contribution in [0.25, 0.3) is 72.4 Å². The largest absolute Gasteiger partial charge is 0.313 e. The summed E-state index contributed by atoms with van der Waals surface area (Å²) in [6, 6.07) is 45.8. The second-order valence-corrected chi connectivity index (χ2v) is 12.6. The minimum Gasteiger partial charge on any atom is -0.313 e. The lowest BCUT2D eigenvalue weighted by Crippen LogP contribution is -2.00. The van der Waals surface area contributed by atoms with E-state index in [4.69, 9.17) is 0 Å². The van der Waals surface area contributed by atoms with E-state index in [9.17, 15) is 15.8 Å². The average molecular weight is 655 g/mol. The third-order valence-electron chi connectivity index (χ3n) is 9.60. The second kappa shape index (κ2) is 12.7. The van der Waals surface area contributed by atoms with Gasteiger partial charge in [-0.2, -0.15) is 15.8 Å². The number of nitriles is 3. The highest BCUT2D eigenvalue weighted by Gasteiger charge is 2.19. The van der Waals surface area contributed by atoms with Crippen LogP contribution in [0.3, 0.4) is 0 Å². The number of benzene rings is 5. The maximum absolute atomic E-state index is 10.4. The number of rotatable bonds is 6. The molecule has 3 aromatic heterocycles. The Bertz CT molecular complexity index is 2770. The van der Waals surface area contributed by atoms with Gasteiger partial charge in [0.15, 0.2) is 0 Å². The fraction of sp³-hybridized carbons (Fsp3) is 0.0667. The minimum atomic E-state index is -0.240. The zero-order chi connectivity index (χ0) is 35.1. The molecule has 0 saturated carbocycles. The highest BCUT2D eigenvalue weighted by Crippen LogP contribution is 2.39. The average Bonchev–Trinajstić information content (AvgIpc) is 3.67. The second-order valence-electron chi connectivity index (χ2n) is 12.6. The van der Waals surface area contributed by atoms with Gasteiger partial charge < -0.3 is 9.13 Å². The molecule has 8 rings (SSSR count). The maximum atomic E-state index is 10.4. The third kappa shape index (κ3) is 5.22. The third-order valence-corrected chi connectivity index (χ3v) is 9.60. The molecule has 5 aromatic carbocycles. The van der Waals surface area contributed by atoms with Crippen LogP contribution in [-0.2, 0) is 0 Å². The summed E-state index contributed by atoms with van der Waals surface area (Å²) in [5.41, 5.74) is 12.0. The molecule has 3 heterocycles. The molecule has 51 heavy (non-hydrogen) atoms. The number of hydrogen-bond acceptors (Lipinski definition) is 4. The zero-order valence-electron chi connectivity index (χ0n) is 28.0. The molecular weight excluding hydrogens is 625 g/mol. The molecule has 0 fully saturated rings. The van der Waals surface area contributed by atoms with Crippen LogP contribution in [0.1, 0.15) is 29.3 Å². The number of hydrogen-bond donors (Lipinski definition) is 0. The van der Waals surface area contributed by atoms with Crippen LogP contribution in [0.5, 0.6) is 0 Å². The first-order chi connectivity index (χ1) is 25.0. The SMILES string of the molecule is Cc1c(/C=C\C(C)C#N)c2cc(C#N)ccc2n1-c1cccc(-c2cccc(-c3c(C#N)cccc3-n3c4ccccc4c4cnccc43)c2)c1. The molecule has 0 N–H and O–H groups in total. The quantitative estimate of drug-likeness (QED) is 0.178. The summed E-state index contributed by atoms with van der Waals surface area (Å²) in [6.45, 7) is 3.93. The van der Waals surface area contributed by atoms with Gasteiger partial charge in [-0.05, 0) is 91.2 Å². The molecule has 0 aliphatic rings. The lowest BCUT2D eigenvalue weighted by atomic mass is 9.94. The summed E-state index contributed by atoms with van der Waals surface area (Å²) < 4.78 is 4.44. The summed E-state index contributed by atoms with van der Waals surface area (Å²) in [5, 5.41) is 32.6. The molecule has 0 radical (unpaired) electrons. The van der Waals surface area contributed by atoms with E-state index in [-0.39, 0.29) is 5.92 Å². The Morgan fingerprint density at radius 2 is 1.41 bits per heavy atom.